The molecule has 4 N–H and O–H groups in total. The van der Waals surface area contributed by atoms with Crippen LogP contribution in [-0.4, -0.2) is 59.6 Å². The van der Waals surface area contributed by atoms with Gasteiger partial charge < -0.3 is 21.3 Å². The monoisotopic (exact) mass is 788 g/mol. The molecule has 2 saturated heterocycles. The number of carbonyl (C=O) groups excluding carboxylic acids is 4. The normalized spacial score (nSPS) is 24.3. The summed E-state index contributed by atoms with van der Waals surface area (Å²) in [5.41, 5.74) is 23.1. The summed E-state index contributed by atoms with van der Waals surface area (Å²) in [6, 6.07) is 2.69. The number of amides is 4. The van der Waals surface area contributed by atoms with Crippen LogP contribution in [0.2, 0.25) is 0 Å². The number of halogens is 2. The van der Waals surface area contributed by atoms with Crippen molar-refractivity contribution in [2.24, 2.45) is 22.3 Å². The van der Waals surface area contributed by atoms with Crippen molar-refractivity contribution in [3.8, 4) is 0 Å². The Kier molecular flexibility index (Phi) is 9.63. The molecular weight excluding hydrogens is 735 g/mol. The van der Waals surface area contributed by atoms with Gasteiger partial charge >= 0.3 is 0 Å². The molecule has 1 unspecified atom stereocenters. The standard InChI is InChI=1S/2C24H27FN2O2/c2*1-2-20(28)27-9-3-4-15(13-27)21-19(25)11-17(23(26)29)16-10-14-5-6-24(7-8-24)12-18(14)22(16)21/h2*2,11,15H,1,3-10,12-13H2,(H2,26,29)/t15-;/m1./s1. The number of allylic oxidation sites excluding steroid dienone is 4. The van der Waals surface area contributed by atoms with E-state index < -0.39 is 11.8 Å². The Morgan fingerprint density at radius 2 is 1.05 bits per heavy atom. The fourth-order valence-electron chi connectivity index (χ4n) is 11.7. The average molecular weight is 789 g/mol. The van der Waals surface area contributed by atoms with Crippen LogP contribution in [-0.2, 0) is 22.4 Å². The van der Waals surface area contributed by atoms with E-state index in [1.165, 1.54) is 85.1 Å². The minimum Gasteiger partial charge on any atom is -0.366 e. The third-order valence-corrected chi connectivity index (χ3v) is 15.2. The van der Waals surface area contributed by atoms with Gasteiger partial charge in [-0.3, -0.25) is 19.2 Å². The lowest BCUT2D eigenvalue weighted by molar-refractivity contribution is -0.127. The van der Waals surface area contributed by atoms with Gasteiger partial charge in [-0.05, 0) is 171 Å². The minimum absolute atomic E-state index is 0.0627. The van der Waals surface area contributed by atoms with E-state index in [-0.39, 0.29) is 35.3 Å². The summed E-state index contributed by atoms with van der Waals surface area (Å²) >= 11 is 0. The smallest absolute Gasteiger partial charge is 0.249 e. The van der Waals surface area contributed by atoms with E-state index in [1.54, 1.807) is 9.80 Å². The van der Waals surface area contributed by atoms with Gasteiger partial charge in [0.1, 0.15) is 11.6 Å². The summed E-state index contributed by atoms with van der Waals surface area (Å²) in [6.45, 7) is 9.55. The number of carbonyl (C=O) groups is 4. The van der Waals surface area contributed by atoms with Gasteiger partial charge in [0.15, 0.2) is 0 Å². The third-order valence-electron chi connectivity index (χ3n) is 15.2. The highest BCUT2D eigenvalue weighted by atomic mass is 19.1. The zero-order valence-corrected chi connectivity index (χ0v) is 33.5. The molecule has 2 heterocycles. The molecule has 0 aromatic heterocycles. The van der Waals surface area contributed by atoms with Crippen LogP contribution < -0.4 is 11.5 Å². The van der Waals surface area contributed by atoms with Crippen LogP contribution in [0.5, 0.6) is 0 Å². The van der Waals surface area contributed by atoms with E-state index in [0.717, 1.165) is 73.6 Å². The number of hydrogen-bond donors (Lipinski definition) is 2. The Balaban J connectivity index is 0.000000150. The number of fused-ring (bicyclic) bond motifs is 4. The molecule has 4 amide bonds. The van der Waals surface area contributed by atoms with Crippen molar-refractivity contribution >= 4 is 34.8 Å². The van der Waals surface area contributed by atoms with Crippen LogP contribution in [0.25, 0.3) is 11.1 Å². The van der Waals surface area contributed by atoms with Crippen LogP contribution in [0.4, 0.5) is 8.78 Å². The zero-order valence-electron chi connectivity index (χ0n) is 33.5. The quantitative estimate of drug-likeness (QED) is 0.287. The van der Waals surface area contributed by atoms with E-state index in [9.17, 15) is 19.2 Å². The first-order chi connectivity index (χ1) is 27.8. The Bertz CT molecular complexity index is 2100. The molecule has 0 radical (unpaired) electrons. The highest BCUT2D eigenvalue weighted by molar-refractivity contribution is 5.99. The molecule has 10 rings (SSSR count). The van der Waals surface area contributed by atoms with Crippen molar-refractivity contribution in [3.63, 3.8) is 0 Å². The molecule has 2 aliphatic heterocycles. The maximum Gasteiger partial charge on any atom is 0.249 e. The predicted octanol–water partition coefficient (Wildman–Crippen LogP) is 8.18. The second-order valence-corrected chi connectivity index (χ2v) is 18.6. The van der Waals surface area contributed by atoms with Gasteiger partial charge in [-0.15, -0.1) is 0 Å². The highest BCUT2D eigenvalue weighted by Crippen LogP contribution is 2.63. The first-order valence-corrected chi connectivity index (χ1v) is 21.4. The highest BCUT2D eigenvalue weighted by Gasteiger charge is 2.49. The van der Waals surface area contributed by atoms with E-state index in [2.05, 4.69) is 13.2 Å². The molecule has 8 nitrogen and oxygen atoms in total. The lowest BCUT2D eigenvalue weighted by Crippen LogP contribution is -2.38. The van der Waals surface area contributed by atoms with Crippen molar-refractivity contribution in [1.29, 1.82) is 0 Å². The molecule has 58 heavy (non-hydrogen) atoms. The number of piperidine rings is 2. The average Bonchev–Trinajstić information content (AvgIpc) is 4.09. The predicted molar refractivity (Wildman–Crippen MR) is 220 cm³/mol. The number of likely N-dealkylation sites (tertiary alicyclic amines) is 2. The molecule has 304 valence electrons. The Morgan fingerprint density at radius 3 is 1.40 bits per heavy atom. The van der Waals surface area contributed by atoms with Crippen LogP contribution in [0.1, 0.15) is 156 Å². The number of nitrogens with zero attached hydrogens (tertiary/aromatic N) is 2. The molecule has 8 aliphatic rings. The van der Waals surface area contributed by atoms with E-state index in [0.29, 0.717) is 72.1 Å². The number of primary amides is 2. The largest absolute Gasteiger partial charge is 0.366 e. The summed E-state index contributed by atoms with van der Waals surface area (Å²) in [5.74, 6) is -2.14. The molecule has 2 aromatic carbocycles. The second-order valence-electron chi connectivity index (χ2n) is 18.6. The summed E-state index contributed by atoms with van der Waals surface area (Å²) < 4.78 is 30.9. The van der Waals surface area contributed by atoms with E-state index in [1.807, 2.05) is 0 Å². The van der Waals surface area contributed by atoms with Crippen molar-refractivity contribution in [1.82, 2.24) is 9.80 Å². The first kappa shape index (κ1) is 38.6. The van der Waals surface area contributed by atoms with Crippen molar-refractivity contribution in [2.45, 2.75) is 115 Å². The topological polar surface area (TPSA) is 127 Å². The number of nitrogens with two attached hydrogens (primary N) is 2. The van der Waals surface area contributed by atoms with Gasteiger partial charge in [-0.2, -0.15) is 0 Å². The van der Waals surface area contributed by atoms with E-state index >= 15 is 8.78 Å². The lowest BCUT2D eigenvalue weighted by atomic mass is 9.78. The fraction of sp³-hybridized carbons (Fsp3) is 0.500. The van der Waals surface area contributed by atoms with Crippen LogP contribution in [0.3, 0.4) is 0 Å². The maximum absolute atomic E-state index is 15.5. The molecule has 6 aliphatic carbocycles. The molecule has 2 atom stereocenters. The van der Waals surface area contributed by atoms with Crippen LogP contribution in [0, 0.1) is 22.5 Å². The number of hydrogen-bond acceptors (Lipinski definition) is 4. The molecule has 4 fully saturated rings. The summed E-state index contributed by atoms with van der Waals surface area (Å²) in [7, 11) is 0. The van der Waals surface area contributed by atoms with Crippen molar-refractivity contribution in [2.75, 3.05) is 26.2 Å². The molecule has 0 bridgehead atoms. The van der Waals surface area contributed by atoms with Gasteiger partial charge in [0.25, 0.3) is 0 Å². The summed E-state index contributed by atoms with van der Waals surface area (Å²) in [6.07, 6.45) is 18.9. The molecule has 2 aromatic rings. The van der Waals surface area contributed by atoms with Gasteiger partial charge in [0, 0.05) is 60.3 Å². The Labute approximate surface area is 339 Å². The Morgan fingerprint density at radius 1 is 0.655 bits per heavy atom. The lowest BCUT2D eigenvalue weighted by Gasteiger charge is -2.34. The third kappa shape index (κ3) is 6.64. The minimum atomic E-state index is -0.556. The molecule has 2 spiro atoms. The van der Waals surface area contributed by atoms with Gasteiger partial charge in [0.2, 0.25) is 23.6 Å². The maximum atomic E-state index is 15.5. The molecule has 2 saturated carbocycles. The van der Waals surface area contributed by atoms with Crippen molar-refractivity contribution in [3.05, 3.63) is 105 Å². The Hall–Kier alpha value is -4.86. The second kappa shape index (κ2) is 14.5. The zero-order chi connectivity index (χ0) is 40.7. The van der Waals surface area contributed by atoms with Gasteiger partial charge in [-0.25, -0.2) is 8.78 Å². The van der Waals surface area contributed by atoms with Gasteiger partial charge in [-0.1, -0.05) is 24.3 Å². The molecular formula is C48H54F2N4O4. The SMILES string of the molecule is C=CC(=O)N1CCCC(c2c(F)cc(C(N)=O)c3c2C2=C(CCC4(CC4)C2)C3)C1.C=CC(=O)N1CCC[C@@H](c2c(F)cc(C(N)=O)c3c2C2=C(CCC4(CC4)C2)C3)C1. The van der Waals surface area contributed by atoms with Crippen molar-refractivity contribution < 1.29 is 28.0 Å². The first-order valence-electron chi connectivity index (χ1n) is 21.4. The molecule has 10 heteroatoms. The van der Waals surface area contributed by atoms with Gasteiger partial charge in [0.05, 0.1) is 0 Å². The summed E-state index contributed by atoms with van der Waals surface area (Å²) in [4.78, 5) is 52.1. The van der Waals surface area contributed by atoms with E-state index in [4.69, 9.17) is 11.5 Å². The van der Waals surface area contributed by atoms with Crippen LogP contribution in [0.15, 0.2) is 48.6 Å². The number of rotatable bonds is 6. The number of benzene rings is 2. The summed E-state index contributed by atoms with van der Waals surface area (Å²) in [5, 5.41) is 0. The van der Waals surface area contributed by atoms with Crippen LogP contribution >= 0.6 is 0 Å². The fourth-order valence-corrected chi connectivity index (χ4v) is 11.7.